The highest BCUT2D eigenvalue weighted by atomic mass is 32.1. The van der Waals surface area contributed by atoms with Crippen LogP contribution in [-0.2, 0) is 28.9 Å². The van der Waals surface area contributed by atoms with Gasteiger partial charge in [-0.3, -0.25) is 9.59 Å². The molecule has 0 bridgehead atoms. The topological polar surface area (TPSA) is 111 Å². The summed E-state index contributed by atoms with van der Waals surface area (Å²) in [5, 5.41) is 7.66. The molecule has 1 atom stereocenters. The van der Waals surface area contributed by atoms with Crippen LogP contribution in [0.4, 0.5) is 29.3 Å². The van der Waals surface area contributed by atoms with Crippen LogP contribution in [-0.4, -0.2) is 56.2 Å². The second-order valence-corrected chi connectivity index (χ2v) is 9.44. The van der Waals surface area contributed by atoms with Crippen molar-refractivity contribution in [2.24, 2.45) is 0 Å². The van der Waals surface area contributed by atoms with Crippen LogP contribution in [0, 0.1) is 0 Å². The van der Waals surface area contributed by atoms with Crippen molar-refractivity contribution in [1.29, 1.82) is 0 Å². The molecule has 3 N–H and O–H groups in total. The predicted octanol–water partition coefficient (Wildman–Crippen LogP) is 3.20. The number of halogens is 3. The fourth-order valence-electron chi connectivity index (χ4n) is 3.89. The molecule has 9 nitrogen and oxygen atoms in total. The Hall–Kier alpha value is -3.61. The van der Waals surface area contributed by atoms with Crippen LogP contribution in [0.15, 0.2) is 24.3 Å². The minimum absolute atomic E-state index is 0.0822. The lowest BCUT2D eigenvalue weighted by molar-refractivity contribution is -0.137. The molecule has 0 aliphatic carbocycles. The number of urea groups is 1. The second kappa shape index (κ2) is 11.0. The number of fused-ring (bicyclic) bond motifs is 1. The zero-order valence-electron chi connectivity index (χ0n) is 19.9. The Kier molecular flexibility index (Phi) is 8.23. The Labute approximate surface area is 209 Å². The zero-order valence-corrected chi connectivity index (χ0v) is 20.7. The first-order chi connectivity index (χ1) is 17.0. The lowest BCUT2D eigenvalue weighted by atomic mass is 10.1. The Morgan fingerprint density at radius 1 is 1.25 bits per heavy atom. The summed E-state index contributed by atoms with van der Waals surface area (Å²) in [6.07, 6.45) is -3.46. The van der Waals surface area contributed by atoms with Gasteiger partial charge in [-0.05, 0) is 36.2 Å². The molecule has 0 spiro atoms. The van der Waals surface area contributed by atoms with Gasteiger partial charge >= 0.3 is 12.2 Å². The molecule has 194 valence electrons. The Balaban J connectivity index is 1.62. The number of alkyl halides is 3. The van der Waals surface area contributed by atoms with E-state index < -0.39 is 23.8 Å². The summed E-state index contributed by atoms with van der Waals surface area (Å²) in [6.45, 7) is 0.314. The molecule has 0 fully saturated rings. The number of rotatable bonds is 9. The fourth-order valence-corrected chi connectivity index (χ4v) is 4.96. The lowest BCUT2D eigenvalue weighted by Gasteiger charge is -2.25. The molecule has 36 heavy (non-hydrogen) atoms. The number of nitrogens with zero attached hydrogens (tertiary/aromatic N) is 2. The minimum atomic E-state index is -4.53. The molecule has 0 saturated carbocycles. The third-order valence-electron chi connectivity index (χ3n) is 5.61. The van der Waals surface area contributed by atoms with E-state index in [1.165, 1.54) is 54.4 Å². The molecule has 1 aromatic carbocycles. The van der Waals surface area contributed by atoms with Gasteiger partial charge in [0, 0.05) is 44.7 Å². The number of nitrogens with one attached hydrogen (secondary N) is 3. The van der Waals surface area contributed by atoms with E-state index in [1.54, 1.807) is 6.07 Å². The van der Waals surface area contributed by atoms with Gasteiger partial charge in [-0.2, -0.15) is 13.2 Å². The van der Waals surface area contributed by atoms with E-state index in [4.69, 9.17) is 0 Å². The van der Waals surface area contributed by atoms with Crippen molar-refractivity contribution < 1.29 is 32.3 Å². The van der Waals surface area contributed by atoms with Crippen LogP contribution >= 0.6 is 11.3 Å². The van der Waals surface area contributed by atoms with Crippen LogP contribution in [0.5, 0.6) is 0 Å². The summed E-state index contributed by atoms with van der Waals surface area (Å²) in [6, 6.07) is 3.72. The Morgan fingerprint density at radius 2 is 1.97 bits per heavy atom. The van der Waals surface area contributed by atoms with Crippen LogP contribution in [0.25, 0.3) is 0 Å². The average Bonchev–Trinajstić information content (AvgIpc) is 3.35. The number of aldehydes is 1. The summed E-state index contributed by atoms with van der Waals surface area (Å²) < 4.78 is 39.6. The maximum absolute atomic E-state index is 13.2. The molecular weight excluding hydrogens is 499 g/mol. The van der Waals surface area contributed by atoms with E-state index in [9.17, 15) is 32.3 Å². The van der Waals surface area contributed by atoms with Gasteiger partial charge in [-0.15, -0.1) is 11.3 Å². The van der Waals surface area contributed by atoms with Crippen LogP contribution in [0.3, 0.4) is 0 Å². The van der Waals surface area contributed by atoms with Crippen molar-refractivity contribution in [3.8, 4) is 0 Å². The average molecular weight is 526 g/mol. The summed E-state index contributed by atoms with van der Waals surface area (Å²) in [5.41, 5.74) is 0.0242. The summed E-state index contributed by atoms with van der Waals surface area (Å²) >= 11 is 1.19. The molecule has 4 amide bonds. The molecule has 2 aromatic rings. The van der Waals surface area contributed by atoms with Crippen LogP contribution in [0.1, 0.15) is 38.5 Å². The molecule has 1 aliphatic heterocycles. The largest absolute Gasteiger partial charge is 0.418 e. The highest BCUT2D eigenvalue weighted by Gasteiger charge is 2.37. The summed E-state index contributed by atoms with van der Waals surface area (Å²) in [7, 11) is 4.42. The van der Waals surface area contributed by atoms with Crippen molar-refractivity contribution in [2.75, 3.05) is 31.4 Å². The molecule has 1 aromatic heterocycles. The van der Waals surface area contributed by atoms with Gasteiger partial charge in [0.15, 0.2) is 0 Å². The molecule has 3 rings (SSSR count). The van der Waals surface area contributed by atoms with Gasteiger partial charge in [0.25, 0.3) is 5.91 Å². The van der Waals surface area contributed by atoms with Gasteiger partial charge in [-0.1, -0.05) is 0 Å². The minimum Gasteiger partial charge on any atom is -0.377 e. The van der Waals surface area contributed by atoms with E-state index >= 15 is 0 Å². The predicted molar refractivity (Wildman–Crippen MR) is 129 cm³/mol. The number of carbonyl (C=O) groups excluding carboxylic acids is 4. The van der Waals surface area contributed by atoms with E-state index in [0.717, 1.165) is 11.6 Å². The lowest BCUT2D eigenvalue weighted by Crippen LogP contribution is -2.46. The zero-order chi connectivity index (χ0) is 26.6. The third-order valence-corrected chi connectivity index (χ3v) is 6.77. The van der Waals surface area contributed by atoms with E-state index in [2.05, 4.69) is 16.0 Å². The second-order valence-electron chi connectivity index (χ2n) is 8.31. The number of thiophene rings is 1. The highest BCUT2D eigenvalue weighted by Crippen LogP contribution is 2.37. The Bertz CT molecular complexity index is 1170. The van der Waals surface area contributed by atoms with Gasteiger partial charge in [0.2, 0.25) is 5.91 Å². The number of hydrogen-bond acceptors (Lipinski definition) is 6. The number of benzene rings is 1. The molecule has 1 unspecified atom stereocenters. The standard InChI is InChI=1S/C23H26F3N5O4S/c1-27-20(33)17(5-4-8-32)31-12-13-9-15(36-19(13)21(31)34)11-28-22(35)29-14-6-7-16(23(24,25)26)18(10-14)30(2)3/h6-10,17H,4-5,11-12H2,1-3H3,(H,27,33)(H2,28,29,35). The fraction of sp³-hybridized carbons (Fsp3) is 0.391. The van der Waals surface area contributed by atoms with Crippen molar-refractivity contribution >= 4 is 46.8 Å². The van der Waals surface area contributed by atoms with Crippen LogP contribution in [0.2, 0.25) is 0 Å². The highest BCUT2D eigenvalue weighted by molar-refractivity contribution is 7.14. The number of carbonyl (C=O) groups is 4. The van der Waals surface area contributed by atoms with Gasteiger partial charge in [-0.25, -0.2) is 4.79 Å². The molecule has 1 aliphatic rings. The van der Waals surface area contributed by atoms with Gasteiger partial charge in [0.05, 0.1) is 22.7 Å². The molecular formula is C23H26F3N5O4S. The van der Waals surface area contributed by atoms with Gasteiger partial charge in [0.1, 0.15) is 12.3 Å². The maximum Gasteiger partial charge on any atom is 0.418 e. The monoisotopic (exact) mass is 525 g/mol. The number of anilines is 2. The first kappa shape index (κ1) is 27.0. The normalized spacial score (nSPS) is 13.7. The third kappa shape index (κ3) is 5.96. The van der Waals surface area contributed by atoms with Crippen LogP contribution < -0.4 is 20.9 Å². The SMILES string of the molecule is CNC(=O)C(CCC=O)N1Cc2cc(CNC(=O)Nc3ccc(C(F)(F)F)c(N(C)C)c3)sc2C1=O. The van der Waals surface area contributed by atoms with E-state index in [-0.39, 0.29) is 49.1 Å². The van der Waals surface area contributed by atoms with Crippen molar-refractivity contribution in [2.45, 2.75) is 38.1 Å². The van der Waals surface area contributed by atoms with Crippen molar-refractivity contribution in [1.82, 2.24) is 15.5 Å². The molecule has 2 heterocycles. The van der Waals surface area contributed by atoms with Gasteiger partial charge < -0.3 is 30.5 Å². The summed E-state index contributed by atoms with van der Waals surface area (Å²) in [5.74, 6) is -0.661. The van der Waals surface area contributed by atoms with Crippen molar-refractivity contribution in [3.63, 3.8) is 0 Å². The summed E-state index contributed by atoms with van der Waals surface area (Å²) in [4.78, 5) is 52.1. The molecule has 0 radical (unpaired) electrons. The Morgan fingerprint density at radius 3 is 2.56 bits per heavy atom. The number of hydrogen-bond donors (Lipinski definition) is 3. The van der Waals surface area contributed by atoms with E-state index in [1.807, 2.05) is 0 Å². The van der Waals surface area contributed by atoms with E-state index in [0.29, 0.717) is 16.0 Å². The number of likely N-dealkylation sites (N-methyl/N-ethyl adjacent to an activating group) is 1. The first-order valence-corrected chi connectivity index (χ1v) is 11.8. The number of amides is 4. The first-order valence-electron chi connectivity index (χ1n) is 11.0. The quantitative estimate of drug-likeness (QED) is 0.436. The molecule has 13 heteroatoms. The molecule has 0 saturated heterocycles. The smallest absolute Gasteiger partial charge is 0.377 e. The van der Waals surface area contributed by atoms with Crippen molar-refractivity contribution in [3.05, 3.63) is 45.1 Å². The maximum atomic E-state index is 13.2.